The summed E-state index contributed by atoms with van der Waals surface area (Å²) in [5, 5.41) is 2.43. The summed E-state index contributed by atoms with van der Waals surface area (Å²) in [5.74, 6) is -0.851. The van der Waals surface area contributed by atoms with Gasteiger partial charge in [0.2, 0.25) is 11.8 Å². The van der Waals surface area contributed by atoms with Crippen LogP contribution in [0.2, 0.25) is 0 Å². The lowest BCUT2D eigenvalue weighted by molar-refractivity contribution is -0.141. The fraction of sp³-hybridized carbons (Fsp3) is 0.467. The molecule has 0 spiro atoms. The van der Waals surface area contributed by atoms with Gasteiger partial charge in [0.15, 0.2) is 0 Å². The Balaban J connectivity index is 2.36. The minimum Gasteiger partial charge on any atom is -0.381 e. The fourth-order valence-corrected chi connectivity index (χ4v) is 2.98. The van der Waals surface area contributed by atoms with Crippen LogP contribution in [0.25, 0.3) is 0 Å². The molecular formula is C15H18BrNO3. The second kappa shape index (κ2) is 6.06. The number of carbonyl (C=O) groups is 2. The third-order valence-electron chi connectivity index (χ3n) is 3.63. The number of halogens is 1. The molecule has 5 heteroatoms. The molecule has 108 valence electrons. The van der Waals surface area contributed by atoms with Gasteiger partial charge in [-0.1, -0.05) is 35.0 Å². The Bertz CT molecular complexity index is 514. The van der Waals surface area contributed by atoms with Crippen molar-refractivity contribution in [2.24, 2.45) is 5.41 Å². The molecule has 1 aromatic carbocycles. The van der Waals surface area contributed by atoms with Crippen LogP contribution >= 0.6 is 15.9 Å². The fourth-order valence-electron chi connectivity index (χ4n) is 2.72. The quantitative estimate of drug-likeness (QED) is 0.858. The van der Waals surface area contributed by atoms with Crippen LogP contribution in [0.5, 0.6) is 0 Å². The summed E-state index contributed by atoms with van der Waals surface area (Å²) in [4.78, 5) is 24.0. The van der Waals surface area contributed by atoms with Crippen molar-refractivity contribution in [1.82, 2.24) is 5.32 Å². The second-order valence-corrected chi connectivity index (χ2v) is 6.28. The van der Waals surface area contributed by atoms with Gasteiger partial charge in [0, 0.05) is 22.9 Å². The molecule has 0 saturated carbocycles. The second-order valence-electron chi connectivity index (χ2n) is 5.36. The number of nitrogens with one attached hydrogen (secondary N) is 1. The van der Waals surface area contributed by atoms with E-state index in [4.69, 9.17) is 4.74 Å². The third-order valence-corrected chi connectivity index (χ3v) is 4.15. The Labute approximate surface area is 127 Å². The standard InChI is InChI=1S/C15H18BrNO3/c1-3-20-9-15(2)8-12(18)17-14(19)13(15)10-4-6-11(16)7-5-10/h4-7,13H,3,8-9H2,1-2H3,(H,17,18,19). The highest BCUT2D eigenvalue weighted by molar-refractivity contribution is 9.10. The van der Waals surface area contributed by atoms with Crippen molar-refractivity contribution in [3.8, 4) is 0 Å². The Morgan fingerprint density at radius 2 is 2.00 bits per heavy atom. The lowest BCUT2D eigenvalue weighted by Gasteiger charge is -2.39. The molecule has 1 fully saturated rings. The molecule has 1 heterocycles. The van der Waals surface area contributed by atoms with Crippen LogP contribution < -0.4 is 5.32 Å². The maximum Gasteiger partial charge on any atom is 0.234 e. The zero-order valence-corrected chi connectivity index (χ0v) is 13.2. The molecule has 4 nitrogen and oxygen atoms in total. The highest BCUT2D eigenvalue weighted by atomic mass is 79.9. The van der Waals surface area contributed by atoms with E-state index < -0.39 is 5.41 Å². The van der Waals surface area contributed by atoms with E-state index >= 15 is 0 Å². The molecular weight excluding hydrogens is 322 g/mol. The number of ether oxygens (including phenoxy) is 1. The normalized spacial score (nSPS) is 26.4. The predicted octanol–water partition coefficient (Wildman–Crippen LogP) is 2.62. The average Bonchev–Trinajstić information content (AvgIpc) is 2.38. The van der Waals surface area contributed by atoms with Gasteiger partial charge in [0.25, 0.3) is 0 Å². The lowest BCUT2D eigenvalue weighted by Crippen LogP contribution is -2.51. The first kappa shape index (κ1) is 15.2. The zero-order valence-electron chi connectivity index (χ0n) is 11.6. The number of piperidine rings is 1. The molecule has 0 bridgehead atoms. The van der Waals surface area contributed by atoms with E-state index in [2.05, 4.69) is 21.2 Å². The Morgan fingerprint density at radius 3 is 2.60 bits per heavy atom. The van der Waals surface area contributed by atoms with Crippen molar-refractivity contribution in [2.45, 2.75) is 26.2 Å². The van der Waals surface area contributed by atoms with Crippen molar-refractivity contribution < 1.29 is 14.3 Å². The molecule has 1 aliphatic rings. The van der Waals surface area contributed by atoms with Crippen LogP contribution in [-0.4, -0.2) is 25.0 Å². The van der Waals surface area contributed by atoms with E-state index in [1.54, 1.807) is 0 Å². The zero-order chi connectivity index (χ0) is 14.8. The first-order valence-corrected chi connectivity index (χ1v) is 7.42. The Kier molecular flexibility index (Phi) is 4.60. The van der Waals surface area contributed by atoms with E-state index in [0.29, 0.717) is 19.6 Å². The van der Waals surface area contributed by atoms with Crippen LogP contribution in [-0.2, 0) is 14.3 Å². The van der Waals surface area contributed by atoms with Crippen molar-refractivity contribution in [2.75, 3.05) is 13.2 Å². The summed E-state index contributed by atoms with van der Waals surface area (Å²) < 4.78 is 6.47. The summed E-state index contributed by atoms with van der Waals surface area (Å²) in [7, 11) is 0. The first-order valence-electron chi connectivity index (χ1n) is 6.63. The van der Waals surface area contributed by atoms with Gasteiger partial charge in [0.1, 0.15) is 0 Å². The van der Waals surface area contributed by atoms with Crippen LogP contribution in [0, 0.1) is 5.41 Å². The Hall–Kier alpha value is -1.20. The molecule has 0 aromatic heterocycles. The number of amides is 2. The number of hydrogen-bond donors (Lipinski definition) is 1. The van der Waals surface area contributed by atoms with Crippen molar-refractivity contribution in [3.63, 3.8) is 0 Å². The highest BCUT2D eigenvalue weighted by Crippen LogP contribution is 2.42. The van der Waals surface area contributed by atoms with E-state index in [9.17, 15) is 9.59 Å². The average molecular weight is 340 g/mol. The first-order chi connectivity index (χ1) is 9.46. The van der Waals surface area contributed by atoms with Gasteiger partial charge >= 0.3 is 0 Å². The Morgan fingerprint density at radius 1 is 1.35 bits per heavy atom. The van der Waals surface area contributed by atoms with Gasteiger partial charge in [-0.15, -0.1) is 0 Å². The maximum absolute atomic E-state index is 12.3. The highest BCUT2D eigenvalue weighted by Gasteiger charge is 2.46. The van der Waals surface area contributed by atoms with Gasteiger partial charge in [0.05, 0.1) is 12.5 Å². The van der Waals surface area contributed by atoms with Gasteiger partial charge < -0.3 is 4.74 Å². The molecule has 1 N–H and O–H groups in total. The molecule has 2 atom stereocenters. The summed E-state index contributed by atoms with van der Waals surface area (Å²) in [6, 6.07) is 7.63. The van der Waals surface area contributed by atoms with Crippen LogP contribution in [0.15, 0.2) is 28.7 Å². The number of rotatable bonds is 4. The molecule has 2 amide bonds. The van der Waals surface area contributed by atoms with Crippen molar-refractivity contribution in [3.05, 3.63) is 34.3 Å². The topological polar surface area (TPSA) is 55.4 Å². The summed E-state index contributed by atoms with van der Waals surface area (Å²) >= 11 is 3.39. The van der Waals surface area contributed by atoms with E-state index in [-0.39, 0.29) is 17.7 Å². The largest absolute Gasteiger partial charge is 0.381 e. The molecule has 1 saturated heterocycles. The van der Waals surface area contributed by atoms with E-state index in [1.807, 2.05) is 38.1 Å². The van der Waals surface area contributed by atoms with Crippen molar-refractivity contribution in [1.29, 1.82) is 0 Å². The SMILES string of the molecule is CCOCC1(C)CC(=O)NC(=O)C1c1ccc(Br)cc1. The van der Waals surface area contributed by atoms with Crippen molar-refractivity contribution >= 4 is 27.7 Å². The predicted molar refractivity (Wildman–Crippen MR) is 79.2 cm³/mol. The molecule has 20 heavy (non-hydrogen) atoms. The van der Waals surface area contributed by atoms with E-state index in [1.165, 1.54) is 0 Å². The minimum atomic E-state index is -0.511. The number of carbonyl (C=O) groups excluding carboxylic acids is 2. The molecule has 2 unspecified atom stereocenters. The molecule has 0 aliphatic carbocycles. The molecule has 0 radical (unpaired) electrons. The van der Waals surface area contributed by atoms with E-state index in [0.717, 1.165) is 10.0 Å². The summed E-state index contributed by atoms with van der Waals surface area (Å²) in [6.45, 7) is 4.80. The van der Waals surface area contributed by atoms with Crippen LogP contribution in [0.4, 0.5) is 0 Å². The summed E-state index contributed by atoms with van der Waals surface area (Å²) in [6.07, 6.45) is 0.291. The van der Waals surface area contributed by atoms with Crippen LogP contribution in [0.1, 0.15) is 31.7 Å². The molecule has 1 aromatic rings. The van der Waals surface area contributed by atoms with Gasteiger partial charge in [-0.25, -0.2) is 0 Å². The number of hydrogen-bond acceptors (Lipinski definition) is 3. The number of benzene rings is 1. The monoisotopic (exact) mass is 339 g/mol. The minimum absolute atomic E-state index is 0.231. The van der Waals surface area contributed by atoms with Gasteiger partial charge in [-0.05, 0) is 24.6 Å². The smallest absolute Gasteiger partial charge is 0.234 e. The third kappa shape index (κ3) is 3.10. The lowest BCUT2D eigenvalue weighted by atomic mass is 9.69. The van der Waals surface area contributed by atoms with Gasteiger partial charge in [-0.3, -0.25) is 14.9 Å². The number of imide groups is 1. The summed E-state index contributed by atoms with van der Waals surface area (Å²) in [5.41, 5.74) is 0.392. The van der Waals surface area contributed by atoms with Crippen LogP contribution in [0.3, 0.4) is 0 Å². The molecule has 1 aliphatic heterocycles. The molecule has 2 rings (SSSR count). The van der Waals surface area contributed by atoms with Gasteiger partial charge in [-0.2, -0.15) is 0 Å². The maximum atomic E-state index is 12.3.